The molecule has 0 rings (SSSR count). The second-order valence-corrected chi connectivity index (χ2v) is 3.68. The molecule has 0 aromatic rings. The van der Waals surface area contributed by atoms with E-state index in [9.17, 15) is 4.79 Å². The third kappa shape index (κ3) is 4.25. The van der Waals surface area contributed by atoms with Gasteiger partial charge in [0.05, 0.1) is 5.38 Å². The van der Waals surface area contributed by atoms with Crippen LogP contribution in [0.4, 0.5) is 0 Å². The number of esters is 1. The van der Waals surface area contributed by atoms with Crippen molar-refractivity contribution in [3.05, 3.63) is 0 Å². The summed E-state index contributed by atoms with van der Waals surface area (Å²) in [7, 11) is 0. The fraction of sp³-hybridized carbons (Fsp3) is 0.875. The van der Waals surface area contributed by atoms with Gasteiger partial charge >= 0.3 is 5.97 Å². The molecule has 66 valence electrons. The summed E-state index contributed by atoms with van der Waals surface area (Å²) in [6.07, 6.45) is -0.172. The van der Waals surface area contributed by atoms with Gasteiger partial charge in [-0.3, -0.25) is 4.79 Å². The summed E-state index contributed by atoms with van der Waals surface area (Å²) in [6.45, 7) is 7.18. The highest BCUT2D eigenvalue weighted by atomic mass is 35.5. The maximum absolute atomic E-state index is 10.6. The minimum Gasteiger partial charge on any atom is -0.461 e. The normalized spacial score (nSPS) is 16.2. The number of carbonyl (C=O) groups excluding carboxylic acids is 1. The summed E-state index contributed by atoms with van der Waals surface area (Å²) in [4.78, 5) is 10.6. The minimum absolute atomic E-state index is 0.126. The van der Waals surface area contributed by atoms with E-state index in [0.717, 1.165) is 0 Å². The van der Waals surface area contributed by atoms with Crippen LogP contribution >= 0.6 is 11.6 Å². The smallest absolute Gasteiger partial charge is 0.302 e. The van der Waals surface area contributed by atoms with Gasteiger partial charge < -0.3 is 4.74 Å². The highest BCUT2D eigenvalue weighted by molar-refractivity contribution is 6.20. The first-order valence-electron chi connectivity index (χ1n) is 3.76. The van der Waals surface area contributed by atoms with Gasteiger partial charge in [0.2, 0.25) is 0 Å². The highest BCUT2D eigenvalue weighted by Crippen LogP contribution is 2.15. The van der Waals surface area contributed by atoms with Crippen LogP contribution in [0.3, 0.4) is 0 Å². The molecule has 2 nitrogen and oxygen atoms in total. The maximum atomic E-state index is 10.6. The van der Waals surface area contributed by atoms with E-state index >= 15 is 0 Å². The molecule has 0 saturated heterocycles. The SMILES string of the molecule is CC(=O)OC(C(C)C)C(C)Cl. The first-order valence-corrected chi connectivity index (χ1v) is 4.20. The molecule has 0 bridgehead atoms. The van der Waals surface area contributed by atoms with Crippen LogP contribution in [-0.4, -0.2) is 17.5 Å². The van der Waals surface area contributed by atoms with Crippen LogP contribution in [0.5, 0.6) is 0 Å². The predicted molar refractivity (Wildman–Crippen MR) is 45.7 cm³/mol. The number of alkyl halides is 1. The van der Waals surface area contributed by atoms with Gasteiger partial charge in [-0.05, 0) is 12.8 Å². The molecule has 0 saturated carbocycles. The Bertz CT molecular complexity index is 124. The Labute approximate surface area is 72.9 Å². The van der Waals surface area contributed by atoms with E-state index in [4.69, 9.17) is 16.3 Å². The van der Waals surface area contributed by atoms with Crippen LogP contribution in [0.15, 0.2) is 0 Å². The number of rotatable bonds is 3. The van der Waals surface area contributed by atoms with Gasteiger partial charge in [-0.15, -0.1) is 11.6 Å². The molecular weight excluding hydrogens is 164 g/mol. The van der Waals surface area contributed by atoms with Crippen molar-refractivity contribution in [3.63, 3.8) is 0 Å². The van der Waals surface area contributed by atoms with Crippen molar-refractivity contribution in [2.24, 2.45) is 5.92 Å². The second kappa shape index (κ2) is 4.60. The molecule has 0 fully saturated rings. The molecule has 3 heteroatoms. The third-order valence-corrected chi connectivity index (χ3v) is 1.66. The molecule has 0 aromatic heterocycles. The molecule has 0 aliphatic carbocycles. The van der Waals surface area contributed by atoms with E-state index in [0.29, 0.717) is 0 Å². The van der Waals surface area contributed by atoms with E-state index in [1.807, 2.05) is 20.8 Å². The topological polar surface area (TPSA) is 26.3 Å². The lowest BCUT2D eigenvalue weighted by Gasteiger charge is -2.22. The average Bonchev–Trinajstić information content (AvgIpc) is 1.81. The van der Waals surface area contributed by atoms with Crippen molar-refractivity contribution in [1.82, 2.24) is 0 Å². The quantitative estimate of drug-likeness (QED) is 0.489. The van der Waals surface area contributed by atoms with Gasteiger partial charge in [-0.1, -0.05) is 13.8 Å². The molecular formula is C8H15ClO2. The van der Waals surface area contributed by atoms with Gasteiger partial charge in [-0.25, -0.2) is 0 Å². The van der Waals surface area contributed by atoms with Crippen molar-refractivity contribution < 1.29 is 9.53 Å². The molecule has 0 spiro atoms. The zero-order valence-electron chi connectivity index (χ0n) is 7.43. The molecule has 0 aliphatic heterocycles. The zero-order chi connectivity index (χ0) is 9.02. The number of carbonyl (C=O) groups is 1. The molecule has 11 heavy (non-hydrogen) atoms. The number of ether oxygens (including phenoxy) is 1. The summed E-state index contributed by atoms with van der Waals surface area (Å²) >= 11 is 5.81. The fourth-order valence-electron chi connectivity index (χ4n) is 0.952. The van der Waals surface area contributed by atoms with E-state index < -0.39 is 0 Å². The summed E-state index contributed by atoms with van der Waals surface area (Å²) in [5.74, 6) is 0.00241. The lowest BCUT2D eigenvalue weighted by Crippen LogP contribution is -2.29. The molecule has 2 unspecified atom stereocenters. The van der Waals surface area contributed by atoms with Crippen LogP contribution in [0.2, 0.25) is 0 Å². The lowest BCUT2D eigenvalue weighted by atomic mass is 10.1. The Morgan fingerprint density at radius 2 is 1.82 bits per heavy atom. The van der Waals surface area contributed by atoms with Crippen molar-refractivity contribution in [2.45, 2.75) is 39.2 Å². The van der Waals surface area contributed by atoms with Crippen LogP contribution in [0, 0.1) is 5.92 Å². The number of hydrogen-bond donors (Lipinski definition) is 0. The van der Waals surface area contributed by atoms with E-state index in [1.165, 1.54) is 6.92 Å². The first-order chi connectivity index (χ1) is 4.95. The summed E-state index contributed by atoms with van der Waals surface area (Å²) in [5.41, 5.74) is 0. The molecule has 2 atom stereocenters. The van der Waals surface area contributed by atoms with Crippen molar-refractivity contribution in [2.75, 3.05) is 0 Å². The summed E-state index contributed by atoms with van der Waals surface area (Å²) < 4.78 is 5.00. The predicted octanol–water partition coefficient (Wildman–Crippen LogP) is 2.20. The number of hydrogen-bond acceptors (Lipinski definition) is 2. The third-order valence-electron chi connectivity index (χ3n) is 1.41. The Hall–Kier alpha value is -0.240. The standard InChI is InChI=1S/C8H15ClO2/c1-5(2)8(6(3)9)11-7(4)10/h5-6,8H,1-4H3. The van der Waals surface area contributed by atoms with E-state index in [2.05, 4.69) is 0 Å². The number of halogens is 1. The van der Waals surface area contributed by atoms with Crippen LogP contribution < -0.4 is 0 Å². The van der Waals surface area contributed by atoms with Gasteiger partial charge in [0, 0.05) is 6.92 Å². The zero-order valence-corrected chi connectivity index (χ0v) is 8.18. The molecule has 0 amide bonds. The molecule has 0 heterocycles. The molecule has 0 N–H and O–H groups in total. The second-order valence-electron chi connectivity index (χ2n) is 3.00. The first kappa shape index (κ1) is 10.8. The van der Waals surface area contributed by atoms with Gasteiger partial charge in [0.1, 0.15) is 6.10 Å². The van der Waals surface area contributed by atoms with E-state index in [-0.39, 0.29) is 23.4 Å². The largest absolute Gasteiger partial charge is 0.461 e. The van der Waals surface area contributed by atoms with Crippen LogP contribution in [0.1, 0.15) is 27.7 Å². The van der Waals surface area contributed by atoms with Crippen molar-refractivity contribution in [3.8, 4) is 0 Å². The fourth-order valence-corrected chi connectivity index (χ4v) is 1.29. The van der Waals surface area contributed by atoms with Crippen LogP contribution in [-0.2, 0) is 9.53 Å². The van der Waals surface area contributed by atoms with Gasteiger partial charge in [0.25, 0.3) is 0 Å². The van der Waals surface area contributed by atoms with E-state index in [1.54, 1.807) is 0 Å². The Balaban J connectivity index is 4.00. The minimum atomic E-state index is -0.267. The molecule has 0 radical (unpaired) electrons. The lowest BCUT2D eigenvalue weighted by molar-refractivity contribution is -0.148. The Morgan fingerprint density at radius 1 is 1.36 bits per heavy atom. The average molecular weight is 179 g/mol. The van der Waals surface area contributed by atoms with Crippen molar-refractivity contribution in [1.29, 1.82) is 0 Å². The van der Waals surface area contributed by atoms with Crippen LogP contribution in [0.25, 0.3) is 0 Å². The highest BCUT2D eigenvalue weighted by Gasteiger charge is 2.21. The monoisotopic (exact) mass is 178 g/mol. The molecule has 0 aliphatic rings. The van der Waals surface area contributed by atoms with Gasteiger partial charge in [0.15, 0.2) is 0 Å². The van der Waals surface area contributed by atoms with Crippen molar-refractivity contribution >= 4 is 17.6 Å². The summed E-state index contributed by atoms with van der Waals surface area (Å²) in [6, 6.07) is 0. The maximum Gasteiger partial charge on any atom is 0.302 e. The summed E-state index contributed by atoms with van der Waals surface area (Å²) in [5, 5.41) is -0.126. The Morgan fingerprint density at radius 3 is 1.91 bits per heavy atom. The molecule has 0 aromatic carbocycles. The Kier molecular flexibility index (Phi) is 4.50. The van der Waals surface area contributed by atoms with Gasteiger partial charge in [-0.2, -0.15) is 0 Å².